The van der Waals surface area contributed by atoms with E-state index < -0.39 is 0 Å². The topological polar surface area (TPSA) is 44.3 Å². The minimum atomic E-state index is 0.329. The van der Waals surface area contributed by atoms with E-state index in [1.54, 1.807) is 12.1 Å². The van der Waals surface area contributed by atoms with Crippen molar-refractivity contribution in [2.45, 2.75) is 45.6 Å². The first-order valence-electron chi connectivity index (χ1n) is 9.16. The quantitative estimate of drug-likeness (QED) is 0.663. The minimum absolute atomic E-state index is 0.329. The van der Waals surface area contributed by atoms with Crippen LogP contribution in [0.2, 0.25) is 0 Å². The molecule has 0 spiro atoms. The summed E-state index contributed by atoms with van der Waals surface area (Å²) in [4.78, 5) is 0. The molecule has 0 amide bonds. The molecule has 132 valence electrons. The van der Waals surface area contributed by atoms with Crippen molar-refractivity contribution in [1.82, 2.24) is 10.6 Å². The molecule has 3 N–H and O–H groups in total. The number of fused-ring (bicyclic) bond motifs is 1. The molecule has 1 unspecified atom stereocenters. The van der Waals surface area contributed by atoms with E-state index in [4.69, 9.17) is 0 Å². The highest BCUT2D eigenvalue weighted by atomic mass is 16.3. The van der Waals surface area contributed by atoms with Crippen LogP contribution in [0.3, 0.4) is 0 Å². The number of phenols is 1. The highest BCUT2D eigenvalue weighted by molar-refractivity contribution is 5.71. The van der Waals surface area contributed by atoms with Crippen molar-refractivity contribution in [2.75, 3.05) is 6.67 Å². The average Bonchev–Trinajstić information content (AvgIpc) is 2.63. The normalized spacial score (nSPS) is 15.0. The van der Waals surface area contributed by atoms with Crippen molar-refractivity contribution < 1.29 is 5.11 Å². The minimum Gasteiger partial charge on any atom is -0.508 e. The summed E-state index contributed by atoms with van der Waals surface area (Å²) < 4.78 is 0. The van der Waals surface area contributed by atoms with Crippen molar-refractivity contribution in [3.63, 3.8) is 0 Å². The zero-order valence-corrected chi connectivity index (χ0v) is 15.2. The zero-order valence-electron chi connectivity index (χ0n) is 15.2. The van der Waals surface area contributed by atoms with Crippen molar-refractivity contribution >= 4 is 5.70 Å². The Kier molecular flexibility index (Phi) is 5.77. The molecule has 25 heavy (non-hydrogen) atoms. The van der Waals surface area contributed by atoms with Gasteiger partial charge in [0, 0.05) is 17.3 Å². The lowest BCUT2D eigenvalue weighted by atomic mass is 9.90. The van der Waals surface area contributed by atoms with Crippen molar-refractivity contribution in [3.8, 4) is 5.75 Å². The van der Waals surface area contributed by atoms with Crippen LogP contribution in [0.4, 0.5) is 0 Å². The van der Waals surface area contributed by atoms with E-state index in [1.165, 1.54) is 28.0 Å². The number of nitrogens with one attached hydrogen (secondary N) is 2. The molecule has 0 fully saturated rings. The lowest BCUT2D eigenvalue weighted by molar-refractivity contribution is 0.474. The van der Waals surface area contributed by atoms with Gasteiger partial charge >= 0.3 is 0 Å². The van der Waals surface area contributed by atoms with Crippen LogP contribution in [0.25, 0.3) is 5.70 Å². The predicted molar refractivity (Wildman–Crippen MR) is 104 cm³/mol. The molecule has 1 aliphatic carbocycles. The Morgan fingerprint density at radius 1 is 1.04 bits per heavy atom. The number of benzene rings is 2. The summed E-state index contributed by atoms with van der Waals surface area (Å²) in [6.45, 7) is 5.22. The van der Waals surface area contributed by atoms with Gasteiger partial charge in [-0.25, -0.2) is 0 Å². The Bertz CT molecular complexity index is 734. The van der Waals surface area contributed by atoms with Gasteiger partial charge in [0.2, 0.25) is 0 Å². The molecule has 2 aromatic rings. The first kappa shape index (κ1) is 17.6. The maximum Gasteiger partial charge on any atom is 0.115 e. The van der Waals surface area contributed by atoms with Crippen LogP contribution in [-0.2, 0) is 12.8 Å². The number of hydrogen-bond donors (Lipinski definition) is 3. The molecule has 1 aliphatic rings. The van der Waals surface area contributed by atoms with Gasteiger partial charge in [-0.1, -0.05) is 36.4 Å². The number of hydrogen-bond acceptors (Lipinski definition) is 3. The molecule has 3 nitrogen and oxygen atoms in total. The molecule has 3 heteroatoms. The molecular formula is C22H28N2O. The molecular weight excluding hydrogens is 308 g/mol. The summed E-state index contributed by atoms with van der Waals surface area (Å²) >= 11 is 0. The second-order valence-corrected chi connectivity index (χ2v) is 6.98. The summed E-state index contributed by atoms with van der Waals surface area (Å²) in [6.07, 6.45) is 4.36. The zero-order chi connectivity index (χ0) is 17.6. The second kappa shape index (κ2) is 8.21. The van der Waals surface area contributed by atoms with Gasteiger partial charge in [-0.2, -0.15) is 0 Å². The fraction of sp³-hybridized carbons (Fsp3) is 0.364. The van der Waals surface area contributed by atoms with Gasteiger partial charge in [-0.3, -0.25) is 5.32 Å². The first-order chi connectivity index (χ1) is 12.1. The molecule has 0 saturated carbocycles. The maximum atomic E-state index is 9.34. The van der Waals surface area contributed by atoms with Gasteiger partial charge in [0.1, 0.15) is 5.75 Å². The molecule has 0 heterocycles. The Balaban J connectivity index is 1.48. The van der Waals surface area contributed by atoms with E-state index in [9.17, 15) is 5.11 Å². The molecule has 0 saturated heterocycles. The van der Waals surface area contributed by atoms with E-state index >= 15 is 0 Å². The molecule has 0 bridgehead atoms. The largest absolute Gasteiger partial charge is 0.508 e. The maximum absolute atomic E-state index is 9.34. The highest BCUT2D eigenvalue weighted by Gasteiger charge is 2.15. The number of phenolic OH excluding ortho intramolecular Hbond substituents is 1. The van der Waals surface area contributed by atoms with E-state index in [0.717, 1.165) is 32.4 Å². The monoisotopic (exact) mass is 336 g/mol. The Hall–Kier alpha value is -2.26. The van der Waals surface area contributed by atoms with Gasteiger partial charge < -0.3 is 10.4 Å². The van der Waals surface area contributed by atoms with Gasteiger partial charge in [-0.15, -0.1) is 0 Å². The van der Waals surface area contributed by atoms with Gasteiger partial charge in [-0.05, 0) is 68.4 Å². The number of allylic oxidation sites excluding steroid dienone is 1. The van der Waals surface area contributed by atoms with Gasteiger partial charge in [0.15, 0.2) is 0 Å². The fourth-order valence-corrected chi connectivity index (χ4v) is 3.37. The molecule has 0 aliphatic heterocycles. The lowest BCUT2D eigenvalue weighted by Gasteiger charge is -2.24. The number of aryl methyl sites for hydroxylation is 2. The summed E-state index contributed by atoms with van der Waals surface area (Å²) in [5.74, 6) is 0.329. The Labute approximate surface area is 150 Å². The third-order valence-corrected chi connectivity index (χ3v) is 5.00. The molecule has 2 aromatic carbocycles. The summed E-state index contributed by atoms with van der Waals surface area (Å²) in [5.41, 5.74) is 6.79. The van der Waals surface area contributed by atoms with Crippen LogP contribution in [-0.4, -0.2) is 17.8 Å². The summed E-state index contributed by atoms with van der Waals surface area (Å²) in [6, 6.07) is 16.6. The summed E-state index contributed by atoms with van der Waals surface area (Å²) in [5, 5.41) is 16.5. The summed E-state index contributed by atoms with van der Waals surface area (Å²) in [7, 11) is 0. The van der Waals surface area contributed by atoms with E-state index in [1.807, 2.05) is 12.1 Å². The van der Waals surface area contributed by atoms with Crippen LogP contribution in [0, 0.1) is 0 Å². The first-order valence-corrected chi connectivity index (χ1v) is 9.16. The van der Waals surface area contributed by atoms with Crippen molar-refractivity contribution in [2.24, 2.45) is 0 Å². The van der Waals surface area contributed by atoms with E-state index in [2.05, 4.69) is 48.7 Å². The highest BCUT2D eigenvalue weighted by Crippen LogP contribution is 2.28. The molecule has 1 atom stereocenters. The van der Waals surface area contributed by atoms with Gasteiger partial charge in [0.05, 0.1) is 6.67 Å². The smallest absolute Gasteiger partial charge is 0.115 e. The SMILES string of the molecule is CC1=C(NCNC(C)CCc2ccc(O)cc2)c2ccccc2CC1. The molecule has 3 rings (SSSR count). The average molecular weight is 336 g/mol. The van der Waals surface area contributed by atoms with Crippen LogP contribution < -0.4 is 10.6 Å². The Morgan fingerprint density at radius 3 is 2.60 bits per heavy atom. The van der Waals surface area contributed by atoms with Crippen LogP contribution in [0.5, 0.6) is 5.75 Å². The number of rotatable bonds is 7. The van der Waals surface area contributed by atoms with Crippen molar-refractivity contribution in [1.29, 1.82) is 0 Å². The van der Waals surface area contributed by atoms with Gasteiger partial charge in [0.25, 0.3) is 0 Å². The predicted octanol–water partition coefficient (Wildman–Crippen LogP) is 4.23. The molecule has 0 aromatic heterocycles. The van der Waals surface area contributed by atoms with Crippen LogP contribution >= 0.6 is 0 Å². The fourth-order valence-electron chi connectivity index (χ4n) is 3.37. The second-order valence-electron chi connectivity index (χ2n) is 6.98. The number of aromatic hydroxyl groups is 1. The van der Waals surface area contributed by atoms with Crippen LogP contribution in [0.15, 0.2) is 54.1 Å². The van der Waals surface area contributed by atoms with E-state index in [-0.39, 0.29) is 0 Å². The van der Waals surface area contributed by atoms with Crippen molar-refractivity contribution in [3.05, 3.63) is 70.8 Å². The lowest BCUT2D eigenvalue weighted by Crippen LogP contribution is -2.35. The third-order valence-electron chi connectivity index (χ3n) is 5.00. The molecule has 0 radical (unpaired) electrons. The van der Waals surface area contributed by atoms with E-state index in [0.29, 0.717) is 11.8 Å². The Morgan fingerprint density at radius 2 is 1.80 bits per heavy atom. The third kappa shape index (κ3) is 4.64. The van der Waals surface area contributed by atoms with Crippen LogP contribution in [0.1, 0.15) is 43.4 Å². The standard InChI is InChI=1S/C22H28N2O/c1-16-7-12-19-5-3-4-6-21(19)22(16)24-15-23-17(2)8-9-18-10-13-20(25)14-11-18/h3-6,10-11,13-14,17,23-25H,7-9,12,15H2,1-2H3.